The Kier molecular flexibility index (Phi) is 2.95. The van der Waals surface area contributed by atoms with Crippen molar-refractivity contribution in [2.45, 2.75) is 6.92 Å². The van der Waals surface area contributed by atoms with Gasteiger partial charge in [0.25, 0.3) is 0 Å². The van der Waals surface area contributed by atoms with Crippen LogP contribution in [0.25, 0.3) is 0 Å². The Bertz CT molecular complexity index is 543. The number of methoxy groups -OCH3 is 1. The number of rotatable bonds is 3. The van der Waals surface area contributed by atoms with Crippen LogP contribution in [0, 0.1) is 12.9 Å². The molecule has 1 N–H and O–H groups in total. The van der Waals surface area contributed by atoms with Crippen molar-refractivity contribution in [1.29, 1.82) is 0 Å². The Morgan fingerprint density at radius 2 is 1.94 bits per heavy atom. The van der Waals surface area contributed by atoms with Crippen LogP contribution < -0.4 is 4.74 Å². The number of aromatic amines is 1. The van der Waals surface area contributed by atoms with Gasteiger partial charge in [-0.1, -0.05) is 0 Å². The molecule has 2 aromatic rings. The first-order valence-electron chi connectivity index (χ1n) is 5.15. The quantitative estimate of drug-likeness (QED) is 0.828. The van der Waals surface area contributed by atoms with E-state index in [1.165, 1.54) is 6.07 Å². The summed E-state index contributed by atoms with van der Waals surface area (Å²) in [4.78, 5) is 14.5. The number of aromatic nitrogens is 1. The monoisotopic (exact) mass is 233 g/mol. The van der Waals surface area contributed by atoms with Crippen LogP contribution in [0.2, 0.25) is 0 Å². The molecule has 17 heavy (non-hydrogen) atoms. The molecule has 3 nitrogen and oxygen atoms in total. The largest absolute Gasteiger partial charge is 0.497 e. The van der Waals surface area contributed by atoms with E-state index in [0.29, 0.717) is 22.6 Å². The van der Waals surface area contributed by atoms with Crippen molar-refractivity contribution in [3.05, 3.63) is 53.1 Å². The maximum atomic E-state index is 13.0. The fraction of sp³-hybridized carbons (Fsp3) is 0.154. The van der Waals surface area contributed by atoms with Gasteiger partial charge in [-0.15, -0.1) is 0 Å². The molecule has 0 saturated heterocycles. The number of H-pyrrole nitrogens is 1. The van der Waals surface area contributed by atoms with Crippen molar-refractivity contribution in [2.24, 2.45) is 0 Å². The molecule has 88 valence electrons. The lowest BCUT2D eigenvalue weighted by Gasteiger charge is -2.02. The predicted molar refractivity (Wildman–Crippen MR) is 61.9 cm³/mol. The van der Waals surface area contributed by atoms with Gasteiger partial charge >= 0.3 is 0 Å². The third kappa shape index (κ3) is 2.20. The molecule has 0 aliphatic rings. The summed E-state index contributed by atoms with van der Waals surface area (Å²) in [6.45, 7) is 1.67. The smallest absolute Gasteiger partial charge is 0.194 e. The van der Waals surface area contributed by atoms with Crippen molar-refractivity contribution in [2.75, 3.05) is 7.11 Å². The van der Waals surface area contributed by atoms with Crippen LogP contribution in [0.5, 0.6) is 5.75 Å². The highest BCUT2D eigenvalue weighted by atomic mass is 19.1. The van der Waals surface area contributed by atoms with Crippen LogP contribution in [0.4, 0.5) is 4.39 Å². The summed E-state index contributed by atoms with van der Waals surface area (Å²) < 4.78 is 18.0. The van der Waals surface area contributed by atoms with E-state index in [1.54, 1.807) is 38.3 Å². The standard InChI is InChI=1S/C13H12FNO2/c1-8-11(7-12(14)15-8)13(16)9-3-5-10(17-2)6-4-9/h3-7,15H,1-2H3. The number of hydrogen-bond acceptors (Lipinski definition) is 2. The zero-order chi connectivity index (χ0) is 12.4. The van der Waals surface area contributed by atoms with Crippen LogP contribution in [0.1, 0.15) is 21.6 Å². The zero-order valence-electron chi connectivity index (χ0n) is 9.58. The number of carbonyl (C=O) groups is 1. The molecule has 0 fully saturated rings. The van der Waals surface area contributed by atoms with E-state index < -0.39 is 5.95 Å². The van der Waals surface area contributed by atoms with Gasteiger partial charge in [0, 0.05) is 22.9 Å². The van der Waals surface area contributed by atoms with Crippen LogP contribution in [0.3, 0.4) is 0 Å². The second-order valence-corrected chi connectivity index (χ2v) is 3.71. The van der Waals surface area contributed by atoms with Crippen LogP contribution in [-0.2, 0) is 0 Å². The van der Waals surface area contributed by atoms with Gasteiger partial charge in [-0.05, 0) is 31.2 Å². The van der Waals surface area contributed by atoms with Crippen molar-refractivity contribution in [1.82, 2.24) is 4.98 Å². The summed E-state index contributed by atoms with van der Waals surface area (Å²) in [5.74, 6) is -0.0248. The summed E-state index contributed by atoms with van der Waals surface area (Å²) in [6, 6.07) is 7.93. The number of carbonyl (C=O) groups excluding carboxylic acids is 1. The van der Waals surface area contributed by atoms with Gasteiger partial charge in [0.05, 0.1) is 7.11 Å². The van der Waals surface area contributed by atoms with Crippen LogP contribution in [0.15, 0.2) is 30.3 Å². The second-order valence-electron chi connectivity index (χ2n) is 3.71. The summed E-state index contributed by atoms with van der Waals surface area (Å²) in [5.41, 5.74) is 1.39. The molecule has 2 rings (SSSR count). The van der Waals surface area contributed by atoms with Gasteiger partial charge in [0.2, 0.25) is 0 Å². The molecular weight excluding hydrogens is 221 g/mol. The maximum absolute atomic E-state index is 13.0. The Morgan fingerprint density at radius 1 is 1.29 bits per heavy atom. The highest BCUT2D eigenvalue weighted by Crippen LogP contribution is 2.17. The maximum Gasteiger partial charge on any atom is 0.194 e. The molecule has 0 spiro atoms. The number of halogens is 1. The van der Waals surface area contributed by atoms with E-state index in [-0.39, 0.29) is 5.78 Å². The number of nitrogens with one attached hydrogen (secondary N) is 1. The lowest BCUT2D eigenvalue weighted by molar-refractivity contribution is 0.103. The first-order valence-corrected chi connectivity index (χ1v) is 5.15. The van der Waals surface area contributed by atoms with Gasteiger partial charge in [-0.25, -0.2) is 0 Å². The minimum atomic E-state index is -0.501. The van der Waals surface area contributed by atoms with Gasteiger partial charge in [0.1, 0.15) is 5.75 Å². The summed E-state index contributed by atoms with van der Waals surface area (Å²) in [5, 5.41) is 0. The summed E-state index contributed by atoms with van der Waals surface area (Å²) >= 11 is 0. The first-order chi connectivity index (χ1) is 8.11. The molecule has 0 saturated carbocycles. The fourth-order valence-corrected chi connectivity index (χ4v) is 1.65. The van der Waals surface area contributed by atoms with E-state index in [1.807, 2.05) is 0 Å². The Balaban J connectivity index is 2.33. The molecule has 0 bridgehead atoms. The Hall–Kier alpha value is -2.10. The molecule has 0 aliphatic heterocycles. The number of ether oxygens (including phenoxy) is 1. The minimum absolute atomic E-state index is 0.203. The van der Waals surface area contributed by atoms with Crippen LogP contribution >= 0.6 is 0 Å². The summed E-state index contributed by atoms with van der Waals surface area (Å²) in [7, 11) is 1.56. The van der Waals surface area contributed by atoms with E-state index in [2.05, 4.69) is 4.98 Å². The molecule has 0 radical (unpaired) electrons. The highest BCUT2D eigenvalue weighted by molar-refractivity contribution is 6.09. The summed E-state index contributed by atoms with van der Waals surface area (Å²) in [6.07, 6.45) is 0. The molecule has 0 atom stereocenters. The molecule has 1 aromatic carbocycles. The fourth-order valence-electron chi connectivity index (χ4n) is 1.65. The highest BCUT2D eigenvalue weighted by Gasteiger charge is 2.14. The lowest BCUT2D eigenvalue weighted by Crippen LogP contribution is -2.01. The third-order valence-electron chi connectivity index (χ3n) is 2.58. The number of ketones is 1. The first kappa shape index (κ1) is 11.4. The van der Waals surface area contributed by atoms with Gasteiger partial charge in [0.15, 0.2) is 11.7 Å². The lowest BCUT2D eigenvalue weighted by atomic mass is 10.0. The van der Waals surface area contributed by atoms with E-state index in [4.69, 9.17) is 4.74 Å². The van der Waals surface area contributed by atoms with Crippen molar-refractivity contribution in [3.8, 4) is 5.75 Å². The van der Waals surface area contributed by atoms with Gasteiger partial charge in [-0.3, -0.25) is 4.79 Å². The van der Waals surface area contributed by atoms with Crippen molar-refractivity contribution < 1.29 is 13.9 Å². The average Bonchev–Trinajstić information content (AvgIpc) is 2.68. The molecule has 0 unspecified atom stereocenters. The average molecular weight is 233 g/mol. The molecular formula is C13H12FNO2. The normalized spacial score (nSPS) is 10.3. The number of aryl methyl sites for hydroxylation is 1. The van der Waals surface area contributed by atoms with Gasteiger partial charge in [-0.2, -0.15) is 4.39 Å². The molecule has 1 aromatic heterocycles. The zero-order valence-corrected chi connectivity index (χ0v) is 9.58. The second kappa shape index (κ2) is 4.41. The topological polar surface area (TPSA) is 42.1 Å². The third-order valence-corrected chi connectivity index (χ3v) is 2.58. The van der Waals surface area contributed by atoms with E-state index in [9.17, 15) is 9.18 Å². The number of benzene rings is 1. The van der Waals surface area contributed by atoms with Crippen LogP contribution in [-0.4, -0.2) is 17.9 Å². The molecule has 4 heteroatoms. The van der Waals surface area contributed by atoms with Gasteiger partial charge < -0.3 is 9.72 Å². The number of hydrogen-bond donors (Lipinski definition) is 1. The molecule has 0 amide bonds. The molecule has 1 heterocycles. The van der Waals surface area contributed by atoms with Crippen molar-refractivity contribution in [3.63, 3.8) is 0 Å². The Morgan fingerprint density at radius 3 is 2.41 bits per heavy atom. The molecule has 0 aliphatic carbocycles. The predicted octanol–water partition coefficient (Wildman–Crippen LogP) is 2.70. The minimum Gasteiger partial charge on any atom is -0.497 e. The Labute approximate surface area is 98.2 Å². The van der Waals surface area contributed by atoms with E-state index in [0.717, 1.165) is 0 Å². The van der Waals surface area contributed by atoms with E-state index >= 15 is 0 Å². The SMILES string of the molecule is COc1ccc(C(=O)c2cc(F)[nH]c2C)cc1. The van der Waals surface area contributed by atoms with Crippen molar-refractivity contribution >= 4 is 5.78 Å².